The first kappa shape index (κ1) is 13.1. The summed E-state index contributed by atoms with van der Waals surface area (Å²) in [5.74, 6) is 1.46. The van der Waals surface area contributed by atoms with Gasteiger partial charge < -0.3 is 5.73 Å². The highest BCUT2D eigenvalue weighted by Crippen LogP contribution is 2.30. The summed E-state index contributed by atoms with van der Waals surface area (Å²) in [6, 6.07) is 4.36. The second-order valence-electron chi connectivity index (χ2n) is 5.84. The molecule has 1 aromatic carbocycles. The third-order valence-electron chi connectivity index (χ3n) is 4.12. The zero-order chi connectivity index (χ0) is 14.3. The van der Waals surface area contributed by atoms with Crippen LogP contribution in [-0.4, -0.2) is 9.97 Å². The van der Waals surface area contributed by atoms with Gasteiger partial charge in [0.2, 0.25) is 0 Å². The third-order valence-corrected chi connectivity index (χ3v) is 4.12. The van der Waals surface area contributed by atoms with Gasteiger partial charge in [-0.25, -0.2) is 9.97 Å². The van der Waals surface area contributed by atoms with E-state index in [0.29, 0.717) is 5.82 Å². The van der Waals surface area contributed by atoms with Crippen LogP contribution in [0.2, 0.25) is 0 Å². The van der Waals surface area contributed by atoms with E-state index in [9.17, 15) is 0 Å². The van der Waals surface area contributed by atoms with Crippen molar-refractivity contribution >= 4 is 5.82 Å². The van der Waals surface area contributed by atoms with E-state index in [4.69, 9.17) is 10.7 Å². The van der Waals surface area contributed by atoms with Gasteiger partial charge in [0.25, 0.3) is 0 Å². The van der Waals surface area contributed by atoms with E-state index in [1.807, 2.05) is 0 Å². The molecule has 0 saturated heterocycles. The molecule has 2 aromatic rings. The second kappa shape index (κ2) is 4.89. The molecular formula is C17H21N3. The number of benzene rings is 1. The van der Waals surface area contributed by atoms with Crippen LogP contribution in [0, 0.1) is 20.8 Å². The predicted molar refractivity (Wildman–Crippen MR) is 82.7 cm³/mol. The van der Waals surface area contributed by atoms with Crippen LogP contribution in [0.1, 0.15) is 40.8 Å². The Morgan fingerprint density at radius 3 is 2.30 bits per heavy atom. The van der Waals surface area contributed by atoms with Gasteiger partial charge in [-0.05, 0) is 57.6 Å². The lowest BCUT2D eigenvalue weighted by molar-refractivity contribution is 0.666. The van der Waals surface area contributed by atoms with E-state index in [2.05, 4.69) is 37.9 Å². The van der Waals surface area contributed by atoms with Crippen LogP contribution in [0.3, 0.4) is 0 Å². The van der Waals surface area contributed by atoms with Gasteiger partial charge >= 0.3 is 0 Å². The van der Waals surface area contributed by atoms with Gasteiger partial charge in [0.1, 0.15) is 5.82 Å². The maximum Gasteiger partial charge on any atom is 0.162 e. The SMILES string of the molecule is Cc1cc(C)c(-c2nc(N)c3c(n2)CCCC3)c(C)c1. The fourth-order valence-corrected chi connectivity index (χ4v) is 3.27. The zero-order valence-electron chi connectivity index (χ0n) is 12.5. The van der Waals surface area contributed by atoms with Crippen molar-refractivity contribution in [3.63, 3.8) is 0 Å². The molecule has 1 aromatic heterocycles. The molecule has 0 aliphatic heterocycles. The predicted octanol–water partition coefficient (Wildman–Crippen LogP) is 3.53. The molecule has 0 radical (unpaired) electrons. The number of hydrogen-bond acceptors (Lipinski definition) is 3. The molecule has 104 valence electrons. The van der Waals surface area contributed by atoms with E-state index >= 15 is 0 Å². The van der Waals surface area contributed by atoms with Crippen LogP contribution in [0.4, 0.5) is 5.82 Å². The van der Waals surface area contributed by atoms with Crippen molar-refractivity contribution in [3.8, 4) is 11.4 Å². The maximum absolute atomic E-state index is 6.16. The molecule has 0 spiro atoms. The Hall–Kier alpha value is -1.90. The van der Waals surface area contributed by atoms with Gasteiger partial charge in [0, 0.05) is 16.8 Å². The van der Waals surface area contributed by atoms with Crippen LogP contribution in [0.25, 0.3) is 11.4 Å². The molecule has 0 fully saturated rings. The summed E-state index contributed by atoms with van der Waals surface area (Å²) in [6.45, 7) is 6.36. The summed E-state index contributed by atoms with van der Waals surface area (Å²) in [6.07, 6.45) is 4.45. The number of aryl methyl sites for hydroxylation is 4. The van der Waals surface area contributed by atoms with Crippen molar-refractivity contribution in [1.29, 1.82) is 0 Å². The molecule has 0 saturated carbocycles. The van der Waals surface area contributed by atoms with Crippen molar-refractivity contribution in [2.45, 2.75) is 46.5 Å². The molecule has 1 aliphatic rings. The molecule has 3 heteroatoms. The van der Waals surface area contributed by atoms with Crippen LogP contribution in [0.5, 0.6) is 0 Å². The third kappa shape index (κ3) is 2.17. The van der Waals surface area contributed by atoms with Gasteiger partial charge in [-0.3, -0.25) is 0 Å². The van der Waals surface area contributed by atoms with E-state index in [-0.39, 0.29) is 0 Å². The Bertz CT molecular complexity index is 651. The van der Waals surface area contributed by atoms with Gasteiger partial charge in [-0.1, -0.05) is 17.7 Å². The quantitative estimate of drug-likeness (QED) is 0.860. The van der Waals surface area contributed by atoms with Crippen molar-refractivity contribution in [2.24, 2.45) is 0 Å². The number of nitrogens with zero attached hydrogens (tertiary/aromatic N) is 2. The first-order chi connectivity index (χ1) is 9.56. The number of hydrogen-bond donors (Lipinski definition) is 1. The summed E-state index contributed by atoms with van der Waals surface area (Å²) in [5, 5.41) is 0. The van der Waals surface area contributed by atoms with Crippen LogP contribution in [0.15, 0.2) is 12.1 Å². The molecule has 0 amide bonds. The molecule has 2 N–H and O–H groups in total. The molecule has 0 unspecified atom stereocenters. The number of nitrogen functional groups attached to an aromatic ring is 1. The molecule has 0 bridgehead atoms. The Balaban J connectivity index is 2.18. The minimum Gasteiger partial charge on any atom is -0.383 e. The van der Waals surface area contributed by atoms with Crippen molar-refractivity contribution in [2.75, 3.05) is 5.73 Å². The summed E-state index contributed by atoms with van der Waals surface area (Å²) in [5.41, 5.74) is 13.3. The smallest absolute Gasteiger partial charge is 0.162 e. The second-order valence-corrected chi connectivity index (χ2v) is 5.84. The number of rotatable bonds is 1. The largest absolute Gasteiger partial charge is 0.383 e. The summed E-state index contributed by atoms with van der Waals surface area (Å²) >= 11 is 0. The standard InChI is InChI=1S/C17H21N3/c1-10-8-11(2)15(12(3)9-10)17-19-14-7-5-4-6-13(14)16(18)20-17/h8-9H,4-7H2,1-3H3,(H2,18,19,20). The first-order valence-corrected chi connectivity index (χ1v) is 7.29. The van der Waals surface area contributed by atoms with Gasteiger partial charge in [0.15, 0.2) is 5.82 Å². The fraction of sp³-hybridized carbons (Fsp3) is 0.412. The topological polar surface area (TPSA) is 51.8 Å². The van der Waals surface area contributed by atoms with Gasteiger partial charge in [-0.15, -0.1) is 0 Å². The van der Waals surface area contributed by atoms with Crippen molar-refractivity contribution in [1.82, 2.24) is 9.97 Å². The highest BCUT2D eigenvalue weighted by molar-refractivity contribution is 5.67. The van der Waals surface area contributed by atoms with Crippen molar-refractivity contribution < 1.29 is 0 Å². The first-order valence-electron chi connectivity index (χ1n) is 7.29. The van der Waals surface area contributed by atoms with Crippen LogP contribution >= 0.6 is 0 Å². The van der Waals surface area contributed by atoms with E-state index < -0.39 is 0 Å². The summed E-state index contributed by atoms with van der Waals surface area (Å²) < 4.78 is 0. The molecular weight excluding hydrogens is 246 g/mol. The number of nitrogens with two attached hydrogens (primary N) is 1. The van der Waals surface area contributed by atoms with Gasteiger partial charge in [0.05, 0.1) is 0 Å². The number of anilines is 1. The average Bonchev–Trinajstić information content (AvgIpc) is 2.37. The number of aromatic nitrogens is 2. The maximum atomic E-state index is 6.16. The Morgan fingerprint density at radius 2 is 1.60 bits per heavy atom. The molecule has 1 heterocycles. The fourth-order valence-electron chi connectivity index (χ4n) is 3.27. The lowest BCUT2D eigenvalue weighted by Crippen LogP contribution is -2.12. The zero-order valence-corrected chi connectivity index (χ0v) is 12.5. The van der Waals surface area contributed by atoms with Crippen molar-refractivity contribution in [3.05, 3.63) is 40.1 Å². The van der Waals surface area contributed by atoms with Crippen LogP contribution in [-0.2, 0) is 12.8 Å². The van der Waals surface area contributed by atoms with E-state index in [1.54, 1.807) is 0 Å². The Labute approximate surface area is 120 Å². The molecule has 3 rings (SSSR count). The minimum absolute atomic E-state index is 0.670. The highest BCUT2D eigenvalue weighted by Gasteiger charge is 2.18. The van der Waals surface area contributed by atoms with Gasteiger partial charge in [-0.2, -0.15) is 0 Å². The van der Waals surface area contributed by atoms with E-state index in [1.165, 1.54) is 35.1 Å². The Kier molecular flexibility index (Phi) is 3.20. The molecule has 0 atom stereocenters. The van der Waals surface area contributed by atoms with Crippen LogP contribution < -0.4 is 5.73 Å². The molecule has 3 nitrogen and oxygen atoms in total. The average molecular weight is 267 g/mol. The normalized spacial score (nSPS) is 14.2. The highest BCUT2D eigenvalue weighted by atomic mass is 15.0. The number of fused-ring (bicyclic) bond motifs is 1. The van der Waals surface area contributed by atoms with E-state index in [0.717, 1.165) is 29.9 Å². The minimum atomic E-state index is 0.670. The molecule has 1 aliphatic carbocycles. The molecule has 20 heavy (non-hydrogen) atoms. The summed E-state index contributed by atoms with van der Waals surface area (Å²) in [7, 11) is 0. The lowest BCUT2D eigenvalue weighted by atomic mass is 9.95. The monoisotopic (exact) mass is 267 g/mol. The summed E-state index contributed by atoms with van der Waals surface area (Å²) in [4.78, 5) is 9.38. The Morgan fingerprint density at radius 1 is 0.950 bits per heavy atom. The lowest BCUT2D eigenvalue weighted by Gasteiger charge is -2.18.